The highest BCUT2D eigenvalue weighted by atomic mass is 32.2. The quantitative estimate of drug-likeness (QED) is 0.867. The molecule has 0 N–H and O–H groups in total. The van der Waals surface area contributed by atoms with Gasteiger partial charge in [-0.2, -0.15) is 9.57 Å². The molecule has 0 saturated carbocycles. The number of thiazole rings is 1. The summed E-state index contributed by atoms with van der Waals surface area (Å²) in [5.41, 5.74) is 1.86. The number of hydrogen-bond acceptors (Lipinski definition) is 5. The Bertz CT molecular complexity index is 804. The molecule has 0 aliphatic rings. The van der Waals surface area contributed by atoms with Crippen molar-refractivity contribution < 1.29 is 8.42 Å². The molecule has 0 bridgehead atoms. The maximum atomic E-state index is 12.5. The van der Waals surface area contributed by atoms with Crippen LogP contribution in [0.3, 0.4) is 0 Å². The van der Waals surface area contributed by atoms with E-state index < -0.39 is 10.0 Å². The summed E-state index contributed by atoms with van der Waals surface area (Å²) in [6.07, 6.45) is 0. The summed E-state index contributed by atoms with van der Waals surface area (Å²) in [7, 11) is -2.06. The molecular weight excluding hydrogens is 306 g/mol. The van der Waals surface area contributed by atoms with Gasteiger partial charge in [-0.25, -0.2) is 13.4 Å². The molecule has 0 unspecified atom stereocenters. The van der Waals surface area contributed by atoms with Gasteiger partial charge in [-0.3, -0.25) is 0 Å². The van der Waals surface area contributed by atoms with Crippen LogP contribution in [0.15, 0.2) is 28.5 Å². The van der Waals surface area contributed by atoms with Crippen LogP contribution < -0.4 is 0 Å². The number of benzene rings is 1. The molecule has 21 heavy (non-hydrogen) atoms. The zero-order valence-electron chi connectivity index (χ0n) is 12.0. The lowest BCUT2D eigenvalue weighted by Crippen LogP contribution is -2.26. The molecule has 5 nitrogen and oxygen atoms in total. The predicted octanol–water partition coefficient (Wildman–Crippen LogP) is 2.45. The van der Waals surface area contributed by atoms with Crippen molar-refractivity contribution in [1.82, 2.24) is 9.29 Å². The van der Waals surface area contributed by atoms with E-state index in [1.165, 1.54) is 40.9 Å². The molecule has 0 atom stereocenters. The Morgan fingerprint density at radius 1 is 1.38 bits per heavy atom. The van der Waals surface area contributed by atoms with Crippen molar-refractivity contribution in [2.24, 2.45) is 0 Å². The van der Waals surface area contributed by atoms with E-state index in [1.807, 2.05) is 18.4 Å². The average molecular weight is 321 g/mol. The van der Waals surface area contributed by atoms with Crippen molar-refractivity contribution in [2.75, 3.05) is 7.05 Å². The molecule has 0 radical (unpaired) electrons. The molecule has 1 aromatic heterocycles. The number of aromatic nitrogens is 1. The maximum Gasteiger partial charge on any atom is 0.243 e. The number of aryl methyl sites for hydroxylation is 2. The van der Waals surface area contributed by atoms with Crippen molar-refractivity contribution >= 4 is 21.4 Å². The Morgan fingerprint density at radius 3 is 2.62 bits per heavy atom. The number of nitrogens with zero attached hydrogens (tertiary/aromatic N) is 3. The van der Waals surface area contributed by atoms with E-state index in [9.17, 15) is 8.42 Å². The second kappa shape index (κ2) is 5.93. The van der Waals surface area contributed by atoms with E-state index in [-0.39, 0.29) is 11.4 Å². The van der Waals surface area contributed by atoms with Crippen LogP contribution in [0.2, 0.25) is 0 Å². The number of sulfonamides is 1. The maximum absolute atomic E-state index is 12.5. The molecule has 7 heteroatoms. The van der Waals surface area contributed by atoms with Gasteiger partial charge in [0.15, 0.2) is 0 Å². The lowest BCUT2D eigenvalue weighted by Gasteiger charge is -2.16. The second-order valence-corrected chi connectivity index (χ2v) is 7.81. The van der Waals surface area contributed by atoms with E-state index in [2.05, 4.69) is 4.98 Å². The first-order chi connectivity index (χ1) is 9.84. The van der Waals surface area contributed by atoms with Gasteiger partial charge < -0.3 is 0 Å². The van der Waals surface area contributed by atoms with Gasteiger partial charge in [0.25, 0.3) is 0 Å². The summed E-state index contributed by atoms with van der Waals surface area (Å²) >= 11 is 1.49. The fourth-order valence-electron chi connectivity index (χ4n) is 1.90. The highest BCUT2D eigenvalue weighted by Crippen LogP contribution is 2.20. The predicted molar refractivity (Wildman–Crippen MR) is 81.4 cm³/mol. The topological polar surface area (TPSA) is 74.1 Å². The van der Waals surface area contributed by atoms with Gasteiger partial charge >= 0.3 is 0 Å². The van der Waals surface area contributed by atoms with E-state index in [0.717, 1.165) is 10.7 Å². The molecule has 1 aromatic carbocycles. The third-order valence-corrected chi connectivity index (χ3v) is 5.70. The molecule has 110 valence electrons. The summed E-state index contributed by atoms with van der Waals surface area (Å²) in [5, 5.41) is 11.7. The minimum absolute atomic E-state index is 0.188. The minimum atomic E-state index is -3.59. The van der Waals surface area contributed by atoms with Crippen molar-refractivity contribution in [1.29, 1.82) is 5.26 Å². The molecule has 0 amide bonds. The number of rotatable bonds is 4. The van der Waals surface area contributed by atoms with Crippen molar-refractivity contribution in [3.8, 4) is 6.07 Å². The summed E-state index contributed by atoms with van der Waals surface area (Å²) in [5.74, 6) is 0. The Labute approximate surface area is 128 Å². The molecular formula is C14H15N3O2S2. The first kappa shape index (κ1) is 15.6. The Kier molecular flexibility index (Phi) is 4.42. The van der Waals surface area contributed by atoms with Crippen LogP contribution in [0.25, 0.3) is 0 Å². The smallest absolute Gasteiger partial charge is 0.243 e. The third kappa shape index (κ3) is 3.29. The molecule has 0 aliphatic heterocycles. The molecule has 2 aromatic rings. The molecule has 0 aliphatic carbocycles. The summed E-state index contributed by atoms with van der Waals surface area (Å²) in [6.45, 7) is 3.83. The fraction of sp³-hybridized carbons (Fsp3) is 0.286. The lowest BCUT2D eigenvalue weighted by atomic mass is 10.1. The third-order valence-electron chi connectivity index (χ3n) is 3.08. The van der Waals surface area contributed by atoms with Gasteiger partial charge in [0.1, 0.15) is 0 Å². The first-order valence-corrected chi connectivity index (χ1v) is 8.54. The highest BCUT2D eigenvalue weighted by molar-refractivity contribution is 7.89. The van der Waals surface area contributed by atoms with Crippen LogP contribution >= 0.6 is 11.3 Å². The van der Waals surface area contributed by atoms with E-state index in [1.54, 1.807) is 6.92 Å². The van der Waals surface area contributed by atoms with E-state index >= 15 is 0 Å². The van der Waals surface area contributed by atoms with Gasteiger partial charge in [-0.15, -0.1) is 11.3 Å². The zero-order valence-corrected chi connectivity index (χ0v) is 13.6. The van der Waals surface area contributed by atoms with Crippen LogP contribution in [-0.4, -0.2) is 24.8 Å². The lowest BCUT2D eigenvalue weighted by molar-refractivity contribution is 0.462. The Hall–Kier alpha value is -1.75. The first-order valence-electron chi connectivity index (χ1n) is 6.22. The molecule has 2 rings (SSSR count). The standard InChI is InChI=1S/C14H15N3O2S2/c1-10-6-14(5-4-12(10)7-15)21(18,19)17(3)8-13-9-20-11(2)16-13/h4-6,9H,8H2,1-3H3. The van der Waals surface area contributed by atoms with Crippen molar-refractivity contribution in [3.63, 3.8) is 0 Å². The SMILES string of the molecule is Cc1nc(CN(C)S(=O)(=O)c2ccc(C#N)c(C)c2)cs1. The molecule has 0 spiro atoms. The van der Waals surface area contributed by atoms with Gasteiger partial charge in [0, 0.05) is 12.4 Å². The van der Waals surface area contributed by atoms with Crippen LogP contribution in [-0.2, 0) is 16.6 Å². The summed E-state index contributed by atoms with van der Waals surface area (Å²) in [4.78, 5) is 4.46. The van der Waals surface area contributed by atoms with Gasteiger partial charge in [-0.05, 0) is 37.6 Å². The Balaban J connectivity index is 2.29. The molecule has 0 saturated heterocycles. The van der Waals surface area contributed by atoms with E-state index in [4.69, 9.17) is 5.26 Å². The minimum Gasteiger partial charge on any atom is -0.245 e. The zero-order chi connectivity index (χ0) is 15.6. The highest BCUT2D eigenvalue weighted by Gasteiger charge is 2.22. The second-order valence-electron chi connectivity index (χ2n) is 4.71. The van der Waals surface area contributed by atoms with Gasteiger partial charge in [0.2, 0.25) is 10.0 Å². The van der Waals surface area contributed by atoms with Gasteiger partial charge in [-0.1, -0.05) is 0 Å². The Morgan fingerprint density at radius 2 is 2.10 bits per heavy atom. The van der Waals surface area contributed by atoms with Crippen LogP contribution in [0.1, 0.15) is 21.8 Å². The monoisotopic (exact) mass is 321 g/mol. The molecule has 1 heterocycles. The van der Waals surface area contributed by atoms with Gasteiger partial charge in [0.05, 0.1) is 33.8 Å². The van der Waals surface area contributed by atoms with E-state index in [0.29, 0.717) is 11.1 Å². The number of hydrogen-bond donors (Lipinski definition) is 0. The van der Waals surface area contributed by atoms with Crippen molar-refractivity contribution in [2.45, 2.75) is 25.3 Å². The summed E-state index contributed by atoms with van der Waals surface area (Å²) in [6, 6.07) is 6.55. The largest absolute Gasteiger partial charge is 0.245 e. The normalized spacial score (nSPS) is 11.6. The van der Waals surface area contributed by atoms with Crippen LogP contribution in [0, 0.1) is 25.2 Å². The average Bonchev–Trinajstić information content (AvgIpc) is 2.83. The summed E-state index contributed by atoms with van der Waals surface area (Å²) < 4.78 is 26.3. The van der Waals surface area contributed by atoms with Crippen molar-refractivity contribution in [3.05, 3.63) is 45.4 Å². The van der Waals surface area contributed by atoms with Crippen LogP contribution in [0.4, 0.5) is 0 Å². The number of nitriles is 1. The van der Waals surface area contributed by atoms with Crippen LogP contribution in [0.5, 0.6) is 0 Å². The molecule has 0 fully saturated rings. The fourth-order valence-corrected chi connectivity index (χ4v) is 3.73.